The summed E-state index contributed by atoms with van der Waals surface area (Å²) in [5.41, 5.74) is 4.96. The van der Waals surface area contributed by atoms with Crippen molar-refractivity contribution >= 4 is 22.9 Å². The molecule has 10 heteroatoms. The first-order chi connectivity index (χ1) is 25.0. The predicted octanol–water partition coefficient (Wildman–Crippen LogP) is 6.43. The second-order valence-electron chi connectivity index (χ2n) is 13.8. The molecule has 5 aromatic rings. The summed E-state index contributed by atoms with van der Waals surface area (Å²) in [6.45, 7) is 4.77. The minimum absolute atomic E-state index is 0.226. The number of rotatable bonds is 14. The van der Waals surface area contributed by atoms with E-state index in [-0.39, 0.29) is 5.91 Å². The quantitative estimate of drug-likeness (QED) is 0.143. The lowest BCUT2D eigenvalue weighted by molar-refractivity contribution is -0.137. The van der Waals surface area contributed by atoms with Crippen LogP contribution in [0.2, 0.25) is 0 Å². The number of amides is 1. The molecule has 4 heterocycles. The number of carbonyl (C=O) groups excluding carboxylic acids is 1. The van der Waals surface area contributed by atoms with Crippen molar-refractivity contribution in [3.05, 3.63) is 108 Å². The Hall–Kier alpha value is -5.09. The van der Waals surface area contributed by atoms with E-state index in [9.17, 15) is 4.79 Å². The maximum absolute atomic E-state index is 14.4. The molecule has 0 spiro atoms. The van der Waals surface area contributed by atoms with Gasteiger partial charge in [-0.1, -0.05) is 48.5 Å². The number of pyridine rings is 1. The van der Waals surface area contributed by atoms with Gasteiger partial charge in [0.05, 0.1) is 44.3 Å². The Morgan fingerprint density at radius 3 is 2.25 bits per heavy atom. The highest BCUT2D eigenvalue weighted by molar-refractivity contribution is 5.85. The Morgan fingerprint density at radius 1 is 0.824 bits per heavy atom. The van der Waals surface area contributed by atoms with Crippen LogP contribution in [0.25, 0.3) is 11.0 Å². The number of nitrogens with zero attached hydrogens (tertiary/aromatic N) is 5. The fraction of sp³-hybridized carbons (Fsp3) is 0.390. The molecule has 0 saturated carbocycles. The van der Waals surface area contributed by atoms with Crippen LogP contribution in [-0.4, -0.2) is 83.8 Å². The molecule has 51 heavy (non-hydrogen) atoms. The van der Waals surface area contributed by atoms with E-state index in [1.807, 2.05) is 47.6 Å². The van der Waals surface area contributed by atoms with E-state index < -0.39 is 5.41 Å². The number of nitrogens with one attached hydrogen (secondary N) is 1. The molecule has 0 bridgehead atoms. The predicted molar refractivity (Wildman–Crippen MR) is 199 cm³/mol. The molecule has 266 valence electrons. The SMILES string of the molecule is COc1cc(CN2CCC(CCN3CCC(Nc4nc5ccccc5n4Cc4cccnc4)CC3)(Cc3ccccc3)C2=O)cc(OC)c1OC. The third kappa shape index (κ3) is 7.51. The molecular weight excluding hydrogens is 640 g/mol. The number of para-hydroxylation sites is 2. The second-order valence-corrected chi connectivity index (χ2v) is 13.8. The molecule has 2 saturated heterocycles. The summed E-state index contributed by atoms with van der Waals surface area (Å²) in [4.78, 5) is 28.3. The van der Waals surface area contributed by atoms with Gasteiger partial charge in [-0.15, -0.1) is 0 Å². The summed E-state index contributed by atoms with van der Waals surface area (Å²) < 4.78 is 19.0. The Labute approximate surface area is 300 Å². The number of anilines is 1. The Bertz CT molecular complexity index is 1900. The molecule has 2 aromatic heterocycles. The Morgan fingerprint density at radius 2 is 1.55 bits per heavy atom. The van der Waals surface area contributed by atoms with E-state index in [0.717, 1.165) is 79.8 Å². The average Bonchev–Trinajstić information content (AvgIpc) is 3.67. The third-order valence-electron chi connectivity index (χ3n) is 10.6. The molecule has 1 amide bonds. The fourth-order valence-electron chi connectivity index (χ4n) is 7.84. The van der Waals surface area contributed by atoms with Crippen LogP contribution < -0.4 is 19.5 Å². The zero-order chi connectivity index (χ0) is 35.2. The number of benzene rings is 3. The van der Waals surface area contributed by atoms with E-state index in [2.05, 4.69) is 68.3 Å². The summed E-state index contributed by atoms with van der Waals surface area (Å²) in [5, 5.41) is 3.79. The fourth-order valence-corrected chi connectivity index (χ4v) is 7.84. The highest BCUT2D eigenvalue weighted by Crippen LogP contribution is 2.42. The molecule has 2 fully saturated rings. The van der Waals surface area contributed by atoms with Crippen LogP contribution in [0.4, 0.5) is 5.95 Å². The van der Waals surface area contributed by atoms with Gasteiger partial charge in [-0.25, -0.2) is 4.98 Å². The van der Waals surface area contributed by atoms with Gasteiger partial charge in [0, 0.05) is 44.6 Å². The zero-order valence-electron chi connectivity index (χ0n) is 29.9. The number of hydrogen-bond donors (Lipinski definition) is 1. The molecule has 1 atom stereocenters. The van der Waals surface area contributed by atoms with Crippen LogP contribution in [0.1, 0.15) is 42.4 Å². The summed E-state index contributed by atoms with van der Waals surface area (Å²) >= 11 is 0. The highest BCUT2D eigenvalue weighted by Gasteiger charge is 2.46. The number of aromatic nitrogens is 3. The number of methoxy groups -OCH3 is 3. The molecule has 10 nitrogen and oxygen atoms in total. The van der Waals surface area contributed by atoms with Gasteiger partial charge >= 0.3 is 0 Å². The number of ether oxygens (including phenoxy) is 3. The second kappa shape index (κ2) is 15.4. The van der Waals surface area contributed by atoms with Crippen molar-refractivity contribution in [1.82, 2.24) is 24.3 Å². The lowest BCUT2D eigenvalue weighted by Gasteiger charge is -2.35. The topological polar surface area (TPSA) is 94.0 Å². The van der Waals surface area contributed by atoms with Gasteiger partial charge in [0.15, 0.2) is 11.5 Å². The van der Waals surface area contributed by atoms with Gasteiger partial charge in [-0.05, 0) is 85.7 Å². The van der Waals surface area contributed by atoms with Crippen LogP contribution in [0.3, 0.4) is 0 Å². The largest absolute Gasteiger partial charge is 0.493 e. The number of carbonyl (C=O) groups is 1. The molecule has 2 aliphatic heterocycles. The Balaban J connectivity index is 1.02. The van der Waals surface area contributed by atoms with Crippen molar-refractivity contribution in [1.29, 1.82) is 0 Å². The highest BCUT2D eigenvalue weighted by atomic mass is 16.5. The monoisotopic (exact) mass is 688 g/mol. The molecule has 0 radical (unpaired) electrons. The summed E-state index contributed by atoms with van der Waals surface area (Å²) in [6.07, 6.45) is 8.16. The smallest absolute Gasteiger partial charge is 0.229 e. The molecule has 1 unspecified atom stereocenters. The lowest BCUT2D eigenvalue weighted by Crippen LogP contribution is -2.43. The van der Waals surface area contributed by atoms with E-state index in [1.165, 1.54) is 5.56 Å². The van der Waals surface area contributed by atoms with Gasteiger partial charge in [-0.2, -0.15) is 0 Å². The van der Waals surface area contributed by atoms with Crippen LogP contribution in [0.15, 0.2) is 91.3 Å². The van der Waals surface area contributed by atoms with Crippen molar-refractivity contribution in [2.24, 2.45) is 5.41 Å². The first-order valence-electron chi connectivity index (χ1n) is 17.9. The van der Waals surface area contributed by atoms with Crippen molar-refractivity contribution in [2.75, 3.05) is 52.8 Å². The van der Waals surface area contributed by atoms with Gasteiger partial charge < -0.3 is 33.9 Å². The molecule has 7 rings (SSSR count). The minimum Gasteiger partial charge on any atom is -0.493 e. The maximum Gasteiger partial charge on any atom is 0.229 e. The van der Waals surface area contributed by atoms with Crippen LogP contribution in [0, 0.1) is 5.41 Å². The molecule has 1 N–H and O–H groups in total. The zero-order valence-corrected chi connectivity index (χ0v) is 29.9. The molecular formula is C41H48N6O4. The van der Waals surface area contributed by atoms with Gasteiger partial charge in [0.25, 0.3) is 0 Å². The van der Waals surface area contributed by atoms with Crippen molar-refractivity contribution < 1.29 is 19.0 Å². The summed E-state index contributed by atoms with van der Waals surface area (Å²) in [6, 6.07) is 27.1. The number of fused-ring (bicyclic) bond motifs is 1. The number of imidazole rings is 1. The number of likely N-dealkylation sites (tertiary alicyclic amines) is 2. The summed E-state index contributed by atoms with van der Waals surface area (Å²) in [5.74, 6) is 2.88. The average molecular weight is 689 g/mol. The van der Waals surface area contributed by atoms with E-state index in [0.29, 0.717) is 42.9 Å². The maximum atomic E-state index is 14.4. The summed E-state index contributed by atoms with van der Waals surface area (Å²) in [7, 11) is 4.84. The third-order valence-corrected chi connectivity index (χ3v) is 10.6. The number of hydrogen-bond acceptors (Lipinski definition) is 8. The van der Waals surface area contributed by atoms with Crippen LogP contribution >= 0.6 is 0 Å². The number of piperidine rings is 1. The first-order valence-corrected chi connectivity index (χ1v) is 17.9. The minimum atomic E-state index is -0.450. The normalized spacial score (nSPS) is 18.3. The van der Waals surface area contributed by atoms with E-state index in [4.69, 9.17) is 19.2 Å². The van der Waals surface area contributed by atoms with E-state index >= 15 is 0 Å². The van der Waals surface area contributed by atoms with Gasteiger partial charge in [0.1, 0.15) is 0 Å². The van der Waals surface area contributed by atoms with Crippen molar-refractivity contribution in [3.63, 3.8) is 0 Å². The van der Waals surface area contributed by atoms with Crippen LogP contribution in [0.5, 0.6) is 17.2 Å². The van der Waals surface area contributed by atoms with Crippen molar-refractivity contribution in [2.45, 2.75) is 51.2 Å². The molecule has 2 aliphatic rings. The standard InChI is InChI=1S/C41H48N6O4/c1-49-36-24-32(25-37(50-2)38(36)51-3)28-46-23-18-41(39(46)48,26-30-10-5-4-6-11-30)17-22-45-20-15-33(16-21-45)43-40-44-34-13-7-8-14-35(34)47(40)29-31-12-9-19-42-27-31/h4-14,19,24-25,27,33H,15-18,20-23,26,28-29H2,1-3H3,(H,43,44). The van der Waals surface area contributed by atoms with Crippen molar-refractivity contribution in [3.8, 4) is 17.2 Å². The molecule has 0 aliphatic carbocycles. The van der Waals surface area contributed by atoms with Crippen LogP contribution in [-0.2, 0) is 24.3 Å². The first kappa shape index (κ1) is 34.4. The Kier molecular flexibility index (Phi) is 10.4. The van der Waals surface area contributed by atoms with Gasteiger partial charge in [-0.3, -0.25) is 9.78 Å². The molecule has 3 aromatic carbocycles. The van der Waals surface area contributed by atoms with E-state index in [1.54, 1.807) is 21.3 Å². The van der Waals surface area contributed by atoms with Gasteiger partial charge in [0.2, 0.25) is 17.6 Å². The lowest BCUT2D eigenvalue weighted by atomic mass is 9.77.